The molecule has 6 atom stereocenters. The zero-order valence-electron chi connectivity index (χ0n) is 18.8. The number of carbonyl (C=O) groups excluding carboxylic acids is 3. The van der Waals surface area contributed by atoms with Gasteiger partial charge in [-0.2, -0.15) is 0 Å². The van der Waals surface area contributed by atoms with Crippen LogP contribution < -0.4 is 0 Å². The molecule has 174 valence electrons. The van der Waals surface area contributed by atoms with Gasteiger partial charge in [0.25, 0.3) is 5.91 Å². The topological polar surface area (TPSA) is 96.4 Å². The fourth-order valence-corrected chi connectivity index (χ4v) is 6.53. The monoisotopic (exact) mass is 462 g/mol. The Balaban J connectivity index is 1.43. The van der Waals surface area contributed by atoms with Gasteiger partial charge >= 0.3 is 5.97 Å². The summed E-state index contributed by atoms with van der Waals surface area (Å²) in [5.74, 6) is -2.19. The van der Waals surface area contributed by atoms with Gasteiger partial charge in [-0.1, -0.05) is 30.3 Å². The molecule has 0 aliphatic carbocycles. The molecule has 0 saturated carbocycles. The zero-order chi connectivity index (χ0) is 23.2. The standard InChI is InChI=1S/C23H30N2O6S/c1-13-10-24(11-14(2)31-13)20(28)17(26)16-19(27)25-18(23(3,4)32-21(16)25)22(29)30-12-15-8-6-5-7-9-15/h5-9,13-14,16-18,21,26H,10-12H2,1-4H3/t13?,14?,16-,17+,18+,21-/m1/s1. The summed E-state index contributed by atoms with van der Waals surface area (Å²) in [6, 6.07) is 8.58. The van der Waals surface area contributed by atoms with Crippen LogP contribution in [0.15, 0.2) is 30.3 Å². The van der Waals surface area contributed by atoms with E-state index in [0.29, 0.717) is 13.1 Å². The average Bonchev–Trinajstić information content (AvgIpc) is 2.98. The predicted molar refractivity (Wildman–Crippen MR) is 118 cm³/mol. The van der Waals surface area contributed by atoms with Crippen molar-refractivity contribution in [2.75, 3.05) is 13.1 Å². The summed E-state index contributed by atoms with van der Waals surface area (Å²) in [6.45, 7) is 8.40. The molecule has 2 amide bonds. The van der Waals surface area contributed by atoms with Gasteiger partial charge in [-0.15, -0.1) is 11.8 Å². The number of carbonyl (C=O) groups is 3. The van der Waals surface area contributed by atoms with Crippen molar-refractivity contribution in [2.45, 2.75) is 68.8 Å². The van der Waals surface area contributed by atoms with E-state index in [4.69, 9.17) is 9.47 Å². The lowest BCUT2D eigenvalue weighted by Gasteiger charge is -2.46. The third-order valence-electron chi connectivity index (χ3n) is 6.25. The van der Waals surface area contributed by atoms with Crippen LogP contribution in [0.4, 0.5) is 0 Å². The van der Waals surface area contributed by atoms with Crippen molar-refractivity contribution < 1.29 is 29.0 Å². The van der Waals surface area contributed by atoms with Gasteiger partial charge in [0.05, 0.1) is 17.6 Å². The molecule has 1 aromatic carbocycles. The number of amides is 2. The molecule has 3 aliphatic rings. The summed E-state index contributed by atoms with van der Waals surface area (Å²) in [6.07, 6.45) is -1.71. The van der Waals surface area contributed by atoms with E-state index in [1.54, 1.807) is 4.90 Å². The van der Waals surface area contributed by atoms with E-state index in [1.807, 2.05) is 58.0 Å². The van der Waals surface area contributed by atoms with E-state index in [1.165, 1.54) is 16.7 Å². The molecule has 3 aliphatic heterocycles. The van der Waals surface area contributed by atoms with Gasteiger partial charge in [-0.3, -0.25) is 9.59 Å². The number of morpholine rings is 1. The lowest BCUT2D eigenvalue weighted by molar-refractivity contribution is -0.177. The van der Waals surface area contributed by atoms with Crippen LogP contribution in [-0.2, 0) is 30.5 Å². The molecule has 9 heteroatoms. The number of thioether (sulfide) groups is 1. The molecule has 3 saturated heterocycles. The van der Waals surface area contributed by atoms with E-state index >= 15 is 0 Å². The Bertz CT molecular complexity index is 884. The molecule has 8 nitrogen and oxygen atoms in total. The van der Waals surface area contributed by atoms with Crippen molar-refractivity contribution in [3.63, 3.8) is 0 Å². The summed E-state index contributed by atoms with van der Waals surface area (Å²) in [7, 11) is 0. The third kappa shape index (κ3) is 4.13. The van der Waals surface area contributed by atoms with Crippen molar-refractivity contribution in [3.05, 3.63) is 35.9 Å². The number of hydrogen-bond donors (Lipinski definition) is 1. The van der Waals surface area contributed by atoms with Gasteiger partial charge in [-0.05, 0) is 33.3 Å². The normalized spacial score (nSPS) is 32.2. The maximum absolute atomic E-state index is 13.0. The highest BCUT2D eigenvalue weighted by Crippen LogP contribution is 2.54. The van der Waals surface area contributed by atoms with Gasteiger partial charge in [-0.25, -0.2) is 4.79 Å². The van der Waals surface area contributed by atoms with E-state index in [0.717, 1.165) is 5.56 Å². The first-order valence-electron chi connectivity index (χ1n) is 10.9. The first-order chi connectivity index (χ1) is 15.1. The number of hydrogen-bond acceptors (Lipinski definition) is 7. The van der Waals surface area contributed by atoms with Gasteiger partial charge in [0, 0.05) is 17.8 Å². The largest absolute Gasteiger partial charge is 0.459 e. The predicted octanol–water partition coefficient (Wildman–Crippen LogP) is 1.40. The molecular formula is C23H30N2O6S. The molecule has 1 aromatic rings. The van der Waals surface area contributed by atoms with Gasteiger partial charge in [0.15, 0.2) is 0 Å². The van der Waals surface area contributed by atoms with E-state index in [-0.39, 0.29) is 24.7 Å². The summed E-state index contributed by atoms with van der Waals surface area (Å²) < 4.78 is 10.6. The van der Waals surface area contributed by atoms with Crippen LogP contribution in [0.2, 0.25) is 0 Å². The second-order valence-electron chi connectivity index (χ2n) is 9.32. The third-order valence-corrected chi connectivity index (χ3v) is 7.85. The summed E-state index contributed by atoms with van der Waals surface area (Å²) in [5, 5.41) is 10.4. The lowest BCUT2D eigenvalue weighted by atomic mass is 9.87. The molecule has 1 N–H and O–H groups in total. The minimum absolute atomic E-state index is 0.127. The Hall–Kier alpha value is -2.10. The Kier molecular flexibility index (Phi) is 6.26. The summed E-state index contributed by atoms with van der Waals surface area (Å²) in [4.78, 5) is 41.9. The molecule has 0 spiro atoms. The van der Waals surface area contributed by atoms with Crippen LogP contribution in [0.5, 0.6) is 0 Å². The van der Waals surface area contributed by atoms with E-state index in [9.17, 15) is 19.5 Å². The minimum atomic E-state index is -1.44. The van der Waals surface area contributed by atoms with Gasteiger partial charge in [0.1, 0.15) is 24.7 Å². The number of benzene rings is 1. The van der Waals surface area contributed by atoms with Crippen LogP contribution in [0.3, 0.4) is 0 Å². The van der Waals surface area contributed by atoms with Crippen LogP contribution >= 0.6 is 11.8 Å². The second-order valence-corrected chi connectivity index (χ2v) is 11.1. The maximum Gasteiger partial charge on any atom is 0.330 e. The van der Waals surface area contributed by atoms with Crippen molar-refractivity contribution in [2.24, 2.45) is 5.92 Å². The molecule has 0 aromatic heterocycles. The number of fused-ring (bicyclic) bond motifs is 1. The Labute approximate surface area is 192 Å². The number of rotatable bonds is 5. The second kappa shape index (κ2) is 8.68. The van der Waals surface area contributed by atoms with Crippen LogP contribution in [0.1, 0.15) is 33.3 Å². The summed E-state index contributed by atoms with van der Waals surface area (Å²) in [5.41, 5.74) is 0.864. The molecule has 0 radical (unpaired) electrons. The van der Waals surface area contributed by atoms with Crippen LogP contribution in [0.25, 0.3) is 0 Å². The van der Waals surface area contributed by atoms with E-state index < -0.39 is 40.1 Å². The average molecular weight is 463 g/mol. The number of esters is 1. The lowest BCUT2D eigenvalue weighted by Crippen LogP contribution is -2.67. The van der Waals surface area contributed by atoms with Crippen LogP contribution in [0, 0.1) is 5.92 Å². The highest BCUT2D eigenvalue weighted by atomic mass is 32.2. The molecule has 3 heterocycles. The van der Waals surface area contributed by atoms with Gasteiger partial charge < -0.3 is 24.4 Å². The number of ether oxygens (including phenoxy) is 2. The Morgan fingerprint density at radius 2 is 1.84 bits per heavy atom. The zero-order valence-corrected chi connectivity index (χ0v) is 19.6. The van der Waals surface area contributed by atoms with Crippen LogP contribution in [-0.4, -0.2) is 80.3 Å². The molecular weight excluding hydrogens is 432 g/mol. The first-order valence-corrected chi connectivity index (χ1v) is 11.8. The summed E-state index contributed by atoms with van der Waals surface area (Å²) >= 11 is 1.43. The number of β-lactam (4-membered cyclic amide) rings is 1. The quantitative estimate of drug-likeness (QED) is 0.522. The highest BCUT2D eigenvalue weighted by molar-refractivity contribution is 8.01. The number of aliphatic hydroxyl groups excluding tert-OH is 1. The fraction of sp³-hybridized carbons (Fsp3) is 0.609. The SMILES string of the molecule is CC1CN(C(=O)[C@@H](O)[C@@H]2C(=O)N3[C@@H]2SC(C)(C)[C@@H]3C(=O)OCc2ccccc2)CC(C)O1. The maximum atomic E-state index is 13.0. The highest BCUT2D eigenvalue weighted by Gasteiger charge is 2.66. The van der Waals surface area contributed by atoms with Crippen molar-refractivity contribution in [1.29, 1.82) is 0 Å². The molecule has 32 heavy (non-hydrogen) atoms. The molecule has 4 rings (SSSR count). The molecule has 0 bridgehead atoms. The first kappa shape index (κ1) is 23.1. The number of aliphatic hydroxyl groups is 1. The molecule has 3 fully saturated rings. The Morgan fingerprint density at radius 3 is 2.47 bits per heavy atom. The number of nitrogens with zero attached hydrogens (tertiary/aromatic N) is 2. The van der Waals surface area contributed by atoms with E-state index in [2.05, 4.69) is 0 Å². The smallest absolute Gasteiger partial charge is 0.330 e. The van der Waals surface area contributed by atoms with Crippen molar-refractivity contribution >= 4 is 29.5 Å². The fourth-order valence-electron chi connectivity index (χ4n) is 4.82. The molecule has 2 unspecified atom stereocenters. The minimum Gasteiger partial charge on any atom is -0.459 e. The van der Waals surface area contributed by atoms with Crippen molar-refractivity contribution in [3.8, 4) is 0 Å². The van der Waals surface area contributed by atoms with Crippen molar-refractivity contribution in [1.82, 2.24) is 9.80 Å². The van der Waals surface area contributed by atoms with Gasteiger partial charge in [0.2, 0.25) is 5.91 Å². The Morgan fingerprint density at radius 1 is 1.22 bits per heavy atom.